The fourth-order valence-electron chi connectivity index (χ4n) is 3.29. The molecule has 0 aromatic heterocycles. The Hall–Kier alpha value is -3.02. The number of hydrogen-bond acceptors (Lipinski definition) is 3. The van der Waals surface area contributed by atoms with E-state index in [2.05, 4.69) is 10.6 Å². The highest BCUT2D eigenvalue weighted by Gasteiger charge is 2.21. The Morgan fingerprint density at radius 2 is 1.79 bits per heavy atom. The van der Waals surface area contributed by atoms with Crippen molar-refractivity contribution in [2.45, 2.75) is 45.2 Å². The van der Waals surface area contributed by atoms with Crippen LogP contribution in [0, 0.1) is 0 Å². The molecule has 0 aliphatic carbocycles. The minimum atomic E-state index is -0.197. The number of rotatable bonds is 7. The molecule has 3 rings (SSSR count). The van der Waals surface area contributed by atoms with Crippen LogP contribution >= 0.6 is 0 Å². The topological polar surface area (TPSA) is 81.7 Å². The molecule has 3 N–H and O–H groups in total. The maximum Gasteiger partial charge on any atom is 0.315 e. The highest BCUT2D eigenvalue weighted by molar-refractivity contribution is 5.95. The fraction of sp³-hybridized carbons (Fsp3) is 0.364. The first kappa shape index (κ1) is 19.7. The third-order valence-electron chi connectivity index (χ3n) is 4.95. The number of urea groups is 1. The number of phenols is 1. The Labute approximate surface area is 165 Å². The third kappa shape index (κ3) is 5.49. The summed E-state index contributed by atoms with van der Waals surface area (Å²) >= 11 is 0. The Morgan fingerprint density at radius 3 is 2.43 bits per heavy atom. The van der Waals surface area contributed by atoms with Gasteiger partial charge in [-0.25, -0.2) is 4.79 Å². The quantitative estimate of drug-likeness (QED) is 0.688. The van der Waals surface area contributed by atoms with E-state index < -0.39 is 0 Å². The van der Waals surface area contributed by atoms with E-state index in [1.807, 2.05) is 43.3 Å². The molecule has 1 unspecified atom stereocenters. The summed E-state index contributed by atoms with van der Waals surface area (Å²) in [6.07, 6.45) is 3.18. The molecule has 2 aromatic carbocycles. The predicted octanol–water partition coefficient (Wildman–Crippen LogP) is 3.34. The second-order valence-corrected chi connectivity index (χ2v) is 7.25. The van der Waals surface area contributed by atoms with Gasteiger partial charge in [0, 0.05) is 31.2 Å². The van der Waals surface area contributed by atoms with Gasteiger partial charge in [0.05, 0.1) is 0 Å². The average Bonchev–Trinajstić information content (AvgIpc) is 3.12. The van der Waals surface area contributed by atoms with Crippen LogP contribution in [0.15, 0.2) is 48.5 Å². The summed E-state index contributed by atoms with van der Waals surface area (Å²) in [7, 11) is 0. The van der Waals surface area contributed by atoms with Gasteiger partial charge >= 0.3 is 6.03 Å². The first-order valence-corrected chi connectivity index (χ1v) is 9.73. The largest absolute Gasteiger partial charge is 0.508 e. The minimum absolute atomic E-state index is 0.0392. The number of carbonyl (C=O) groups excluding carboxylic acids is 2. The number of benzene rings is 2. The molecule has 0 spiro atoms. The number of phenolic OH excluding ortho intramolecular Hbond substituents is 1. The smallest absolute Gasteiger partial charge is 0.315 e. The molecule has 0 saturated carbocycles. The summed E-state index contributed by atoms with van der Waals surface area (Å²) in [6.45, 7) is 3.19. The zero-order chi connectivity index (χ0) is 19.9. The molecule has 1 aliphatic heterocycles. The summed E-state index contributed by atoms with van der Waals surface area (Å²) < 4.78 is 0. The van der Waals surface area contributed by atoms with Crippen molar-refractivity contribution in [1.29, 1.82) is 0 Å². The van der Waals surface area contributed by atoms with E-state index in [0.29, 0.717) is 13.0 Å². The molecule has 28 heavy (non-hydrogen) atoms. The molecule has 1 saturated heterocycles. The van der Waals surface area contributed by atoms with Crippen molar-refractivity contribution >= 4 is 17.6 Å². The summed E-state index contributed by atoms with van der Waals surface area (Å²) in [4.78, 5) is 25.7. The van der Waals surface area contributed by atoms with Crippen LogP contribution in [-0.4, -0.2) is 29.6 Å². The van der Waals surface area contributed by atoms with Crippen LogP contribution in [0.4, 0.5) is 10.5 Å². The van der Waals surface area contributed by atoms with Crippen LogP contribution < -0.4 is 15.5 Å². The zero-order valence-corrected chi connectivity index (χ0v) is 16.1. The van der Waals surface area contributed by atoms with Crippen molar-refractivity contribution in [1.82, 2.24) is 10.6 Å². The Kier molecular flexibility index (Phi) is 6.53. The summed E-state index contributed by atoms with van der Waals surface area (Å²) in [5, 5.41) is 15.1. The highest BCUT2D eigenvalue weighted by Crippen LogP contribution is 2.21. The number of anilines is 1. The third-order valence-corrected chi connectivity index (χ3v) is 4.95. The van der Waals surface area contributed by atoms with Gasteiger partial charge in [-0.3, -0.25) is 4.79 Å². The van der Waals surface area contributed by atoms with E-state index in [1.54, 1.807) is 17.0 Å². The molecular formula is C22H27N3O3. The van der Waals surface area contributed by atoms with E-state index >= 15 is 0 Å². The minimum Gasteiger partial charge on any atom is -0.508 e. The van der Waals surface area contributed by atoms with Gasteiger partial charge in [0.2, 0.25) is 5.91 Å². The predicted molar refractivity (Wildman–Crippen MR) is 109 cm³/mol. The Morgan fingerprint density at radius 1 is 1.11 bits per heavy atom. The van der Waals surface area contributed by atoms with Gasteiger partial charge < -0.3 is 20.6 Å². The van der Waals surface area contributed by atoms with Crippen molar-refractivity contribution < 1.29 is 14.7 Å². The maximum atomic E-state index is 12.1. The summed E-state index contributed by atoms with van der Waals surface area (Å²) in [6, 6.07) is 14.7. The SMILES string of the molecule is CC(CCc1ccc(O)cc1)NC(=O)NCc1ccc(N2CCCC2=O)cc1. The highest BCUT2D eigenvalue weighted by atomic mass is 16.3. The van der Waals surface area contributed by atoms with Crippen LogP contribution in [0.3, 0.4) is 0 Å². The van der Waals surface area contributed by atoms with Crippen molar-refractivity contribution in [2.75, 3.05) is 11.4 Å². The van der Waals surface area contributed by atoms with Gasteiger partial charge in [-0.05, 0) is 61.6 Å². The lowest BCUT2D eigenvalue weighted by Gasteiger charge is -2.17. The first-order chi connectivity index (χ1) is 13.5. The van der Waals surface area contributed by atoms with Gasteiger partial charge in [0.15, 0.2) is 0 Å². The van der Waals surface area contributed by atoms with E-state index in [4.69, 9.17) is 0 Å². The van der Waals surface area contributed by atoms with Gasteiger partial charge in [-0.15, -0.1) is 0 Å². The number of carbonyl (C=O) groups is 2. The standard InChI is InChI=1S/C22H27N3O3/c1-16(4-5-17-8-12-20(26)13-9-17)24-22(28)23-15-18-6-10-19(11-7-18)25-14-2-3-21(25)27/h6-13,16,26H,2-5,14-15H2,1H3,(H2,23,24,28). The lowest BCUT2D eigenvalue weighted by molar-refractivity contribution is -0.117. The van der Waals surface area contributed by atoms with Crippen molar-refractivity contribution in [3.63, 3.8) is 0 Å². The number of amides is 3. The van der Waals surface area contributed by atoms with Crippen LogP contribution in [0.25, 0.3) is 0 Å². The second kappa shape index (κ2) is 9.26. The van der Waals surface area contributed by atoms with E-state index in [1.165, 1.54) is 0 Å². The molecule has 6 heteroatoms. The van der Waals surface area contributed by atoms with Gasteiger partial charge in [-0.2, -0.15) is 0 Å². The first-order valence-electron chi connectivity index (χ1n) is 9.73. The number of aromatic hydroxyl groups is 1. The molecule has 1 atom stereocenters. The second-order valence-electron chi connectivity index (χ2n) is 7.25. The summed E-state index contributed by atoms with van der Waals surface area (Å²) in [5.41, 5.74) is 3.03. The molecule has 0 bridgehead atoms. The number of nitrogens with one attached hydrogen (secondary N) is 2. The van der Waals surface area contributed by atoms with Crippen LogP contribution in [0.5, 0.6) is 5.75 Å². The number of nitrogens with zero attached hydrogens (tertiary/aromatic N) is 1. The molecular weight excluding hydrogens is 354 g/mol. The Balaban J connectivity index is 1.39. The van der Waals surface area contributed by atoms with Gasteiger partial charge in [0.25, 0.3) is 0 Å². The van der Waals surface area contributed by atoms with Crippen LogP contribution in [0.2, 0.25) is 0 Å². The van der Waals surface area contributed by atoms with Crippen LogP contribution in [-0.2, 0) is 17.8 Å². The van der Waals surface area contributed by atoms with Crippen molar-refractivity contribution in [3.05, 3.63) is 59.7 Å². The average molecular weight is 381 g/mol. The Bertz CT molecular complexity index is 803. The fourth-order valence-corrected chi connectivity index (χ4v) is 3.29. The monoisotopic (exact) mass is 381 g/mol. The molecule has 2 aromatic rings. The molecule has 3 amide bonds. The van der Waals surface area contributed by atoms with Crippen molar-refractivity contribution in [3.8, 4) is 5.75 Å². The van der Waals surface area contributed by atoms with E-state index in [-0.39, 0.29) is 23.7 Å². The number of aryl methyl sites for hydroxylation is 1. The molecule has 0 radical (unpaired) electrons. The molecule has 1 fully saturated rings. The zero-order valence-electron chi connectivity index (χ0n) is 16.1. The lowest BCUT2D eigenvalue weighted by atomic mass is 10.1. The molecule has 148 valence electrons. The van der Waals surface area contributed by atoms with Crippen LogP contribution in [0.1, 0.15) is 37.3 Å². The molecule has 1 heterocycles. The van der Waals surface area contributed by atoms with E-state index in [0.717, 1.165) is 42.6 Å². The molecule has 1 aliphatic rings. The van der Waals surface area contributed by atoms with Gasteiger partial charge in [0.1, 0.15) is 5.75 Å². The van der Waals surface area contributed by atoms with Crippen molar-refractivity contribution in [2.24, 2.45) is 0 Å². The number of hydrogen-bond donors (Lipinski definition) is 3. The molecule has 6 nitrogen and oxygen atoms in total. The van der Waals surface area contributed by atoms with E-state index in [9.17, 15) is 14.7 Å². The normalized spacial score (nSPS) is 14.8. The van der Waals surface area contributed by atoms with Gasteiger partial charge in [-0.1, -0.05) is 24.3 Å². The maximum absolute atomic E-state index is 12.1. The summed E-state index contributed by atoms with van der Waals surface area (Å²) in [5.74, 6) is 0.431. The lowest BCUT2D eigenvalue weighted by Crippen LogP contribution is -2.40.